The van der Waals surface area contributed by atoms with Crippen LogP contribution in [-0.2, 0) is 0 Å². The second-order valence-corrected chi connectivity index (χ2v) is 5.55. The van der Waals surface area contributed by atoms with Gasteiger partial charge in [-0.1, -0.05) is 11.6 Å². The Morgan fingerprint density at radius 3 is 2.58 bits per heavy atom. The average molecular weight is 305 g/mol. The third kappa shape index (κ3) is 4.69. The van der Waals surface area contributed by atoms with E-state index in [2.05, 4.69) is 5.32 Å². The lowest BCUT2D eigenvalue weighted by molar-refractivity contribution is -0.384. The van der Waals surface area contributed by atoms with Crippen LogP contribution < -0.4 is 5.32 Å². The molecule has 0 radical (unpaired) electrons. The van der Waals surface area contributed by atoms with Gasteiger partial charge in [0.1, 0.15) is 0 Å². The number of hydrogen-bond acceptors (Lipinski definition) is 3. The first-order valence-electron chi connectivity index (χ1n) is 5.58. The van der Waals surface area contributed by atoms with E-state index in [4.69, 9.17) is 23.2 Å². The summed E-state index contributed by atoms with van der Waals surface area (Å²) in [6.45, 7) is 3.65. The van der Waals surface area contributed by atoms with E-state index in [0.29, 0.717) is 12.3 Å². The van der Waals surface area contributed by atoms with Gasteiger partial charge in [-0.05, 0) is 26.3 Å². The first-order chi connectivity index (χ1) is 8.75. The lowest BCUT2D eigenvalue weighted by atomic mass is 10.0. The van der Waals surface area contributed by atoms with Crippen LogP contribution in [0.1, 0.15) is 30.6 Å². The van der Waals surface area contributed by atoms with Gasteiger partial charge in [0.25, 0.3) is 11.6 Å². The largest absolute Gasteiger partial charge is 0.347 e. The minimum Gasteiger partial charge on any atom is -0.347 e. The van der Waals surface area contributed by atoms with Gasteiger partial charge in [0.05, 0.1) is 4.92 Å². The van der Waals surface area contributed by atoms with Crippen LogP contribution in [0.4, 0.5) is 5.69 Å². The summed E-state index contributed by atoms with van der Waals surface area (Å²) in [5, 5.41) is 13.6. The Balaban J connectivity index is 2.97. The second-order valence-electron chi connectivity index (χ2n) is 4.73. The summed E-state index contributed by atoms with van der Waals surface area (Å²) in [6, 6.07) is 3.78. The molecule has 0 unspecified atom stereocenters. The minimum atomic E-state index is -0.591. The molecule has 0 spiro atoms. The van der Waals surface area contributed by atoms with Crippen LogP contribution in [0.15, 0.2) is 18.2 Å². The normalized spacial score (nSPS) is 11.2. The number of nitrogens with zero attached hydrogens (tertiary/aromatic N) is 1. The molecule has 1 amide bonds. The van der Waals surface area contributed by atoms with Gasteiger partial charge < -0.3 is 5.32 Å². The van der Waals surface area contributed by atoms with Crippen molar-refractivity contribution in [1.29, 1.82) is 0 Å². The monoisotopic (exact) mass is 304 g/mol. The average Bonchev–Trinajstić information content (AvgIpc) is 2.27. The Kier molecular flexibility index (Phi) is 5.14. The lowest BCUT2D eigenvalue weighted by Gasteiger charge is -2.25. The number of alkyl halides is 1. The molecule has 1 N–H and O–H groups in total. The number of hydrogen-bond donors (Lipinski definition) is 1. The summed E-state index contributed by atoms with van der Waals surface area (Å²) in [5.74, 6) is -0.0103. The molecule has 0 bridgehead atoms. The molecule has 7 heteroatoms. The third-order valence-corrected chi connectivity index (χ3v) is 2.93. The van der Waals surface area contributed by atoms with Gasteiger partial charge in [-0.15, -0.1) is 11.6 Å². The molecule has 0 saturated heterocycles. The SMILES string of the molecule is CC(C)(CCCl)NC(=O)c1cc(Cl)cc([N+](=O)[O-])c1. The molecule has 19 heavy (non-hydrogen) atoms. The Morgan fingerprint density at radius 2 is 2.05 bits per heavy atom. The van der Waals surface area contributed by atoms with Gasteiger partial charge in [0, 0.05) is 34.1 Å². The lowest BCUT2D eigenvalue weighted by Crippen LogP contribution is -2.43. The first-order valence-corrected chi connectivity index (χ1v) is 6.50. The predicted octanol–water partition coefficient (Wildman–Crippen LogP) is 3.39. The number of nitrogens with one attached hydrogen (secondary N) is 1. The van der Waals surface area contributed by atoms with Crippen molar-refractivity contribution in [3.8, 4) is 0 Å². The van der Waals surface area contributed by atoms with Crippen molar-refractivity contribution in [2.24, 2.45) is 0 Å². The number of carbonyl (C=O) groups excluding carboxylic acids is 1. The molecule has 104 valence electrons. The summed E-state index contributed by atoms with van der Waals surface area (Å²) in [4.78, 5) is 22.1. The van der Waals surface area contributed by atoms with Crippen LogP contribution in [0.3, 0.4) is 0 Å². The highest BCUT2D eigenvalue weighted by Crippen LogP contribution is 2.21. The van der Waals surface area contributed by atoms with E-state index in [1.54, 1.807) is 0 Å². The van der Waals surface area contributed by atoms with E-state index in [-0.39, 0.29) is 16.3 Å². The Labute approximate surface area is 121 Å². The highest BCUT2D eigenvalue weighted by molar-refractivity contribution is 6.31. The first kappa shape index (κ1) is 15.7. The fraction of sp³-hybridized carbons (Fsp3) is 0.417. The highest BCUT2D eigenvalue weighted by Gasteiger charge is 2.22. The predicted molar refractivity (Wildman–Crippen MR) is 75.0 cm³/mol. The zero-order valence-corrected chi connectivity index (χ0v) is 12.1. The van der Waals surface area contributed by atoms with E-state index in [1.165, 1.54) is 18.2 Å². The fourth-order valence-corrected chi connectivity index (χ4v) is 2.19. The fourth-order valence-electron chi connectivity index (χ4n) is 1.49. The molecule has 1 rings (SSSR count). The molecule has 0 atom stereocenters. The molecule has 5 nitrogen and oxygen atoms in total. The molecular weight excluding hydrogens is 291 g/mol. The van der Waals surface area contributed by atoms with Crippen LogP contribution in [-0.4, -0.2) is 22.2 Å². The maximum absolute atomic E-state index is 12.0. The van der Waals surface area contributed by atoms with E-state index in [9.17, 15) is 14.9 Å². The van der Waals surface area contributed by atoms with Gasteiger partial charge in [0.15, 0.2) is 0 Å². The maximum atomic E-state index is 12.0. The molecule has 1 aromatic rings. The Bertz CT molecular complexity index is 504. The molecule has 1 aromatic carbocycles. The van der Waals surface area contributed by atoms with Crippen molar-refractivity contribution in [3.63, 3.8) is 0 Å². The zero-order chi connectivity index (χ0) is 14.6. The van der Waals surface area contributed by atoms with Crippen LogP contribution in [0.5, 0.6) is 0 Å². The quantitative estimate of drug-likeness (QED) is 0.515. The Morgan fingerprint density at radius 1 is 1.42 bits per heavy atom. The third-order valence-electron chi connectivity index (χ3n) is 2.53. The topological polar surface area (TPSA) is 72.2 Å². The van der Waals surface area contributed by atoms with Crippen LogP contribution in [0.2, 0.25) is 5.02 Å². The van der Waals surface area contributed by atoms with Crippen LogP contribution >= 0.6 is 23.2 Å². The van der Waals surface area contributed by atoms with Crippen LogP contribution in [0, 0.1) is 10.1 Å². The number of carbonyl (C=O) groups is 1. The summed E-state index contributed by atoms with van der Waals surface area (Å²) >= 11 is 11.4. The van der Waals surface area contributed by atoms with E-state index in [0.717, 1.165) is 0 Å². The van der Waals surface area contributed by atoms with Crippen molar-refractivity contribution in [2.75, 3.05) is 5.88 Å². The van der Waals surface area contributed by atoms with Crippen molar-refractivity contribution < 1.29 is 9.72 Å². The summed E-state index contributed by atoms with van der Waals surface area (Å²) in [5.41, 5.74) is -0.551. The molecule has 0 aromatic heterocycles. The number of nitro groups is 1. The number of non-ortho nitro benzene ring substituents is 1. The zero-order valence-electron chi connectivity index (χ0n) is 10.6. The molecule has 0 fully saturated rings. The second kappa shape index (κ2) is 6.21. The summed E-state index contributed by atoms with van der Waals surface area (Å²) in [7, 11) is 0. The number of amides is 1. The van der Waals surface area contributed by atoms with E-state index >= 15 is 0 Å². The number of halogens is 2. The number of rotatable bonds is 5. The van der Waals surface area contributed by atoms with Gasteiger partial charge in [-0.25, -0.2) is 0 Å². The minimum absolute atomic E-state index is 0.148. The number of benzene rings is 1. The standard InChI is InChI=1S/C12H14Cl2N2O3/c1-12(2,3-4-13)15-11(17)8-5-9(14)7-10(6-8)16(18)19/h5-7H,3-4H2,1-2H3,(H,15,17). The molecule has 0 aliphatic heterocycles. The van der Waals surface area contributed by atoms with Gasteiger partial charge in [0.2, 0.25) is 0 Å². The highest BCUT2D eigenvalue weighted by atomic mass is 35.5. The maximum Gasteiger partial charge on any atom is 0.271 e. The molecule has 0 aliphatic carbocycles. The molecule has 0 aliphatic rings. The van der Waals surface area contributed by atoms with Gasteiger partial charge >= 0.3 is 0 Å². The summed E-state index contributed by atoms with van der Waals surface area (Å²) in [6.07, 6.45) is 0.586. The van der Waals surface area contributed by atoms with E-state index < -0.39 is 16.4 Å². The molecular formula is C12H14Cl2N2O3. The van der Waals surface area contributed by atoms with Crippen molar-refractivity contribution in [1.82, 2.24) is 5.32 Å². The van der Waals surface area contributed by atoms with Crippen molar-refractivity contribution in [2.45, 2.75) is 25.8 Å². The molecule has 0 heterocycles. The van der Waals surface area contributed by atoms with Crippen molar-refractivity contribution in [3.05, 3.63) is 38.9 Å². The van der Waals surface area contributed by atoms with E-state index in [1.807, 2.05) is 13.8 Å². The van der Waals surface area contributed by atoms with Gasteiger partial charge in [-0.3, -0.25) is 14.9 Å². The van der Waals surface area contributed by atoms with Crippen molar-refractivity contribution >= 4 is 34.8 Å². The summed E-state index contributed by atoms with van der Waals surface area (Å²) < 4.78 is 0. The van der Waals surface area contributed by atoms with Crippen LogP contribution in [0.25, 0.3) is 0 Å². The Hall–Kier alpha value is -1.33. The smallest absolute Gasteiger partial charge is 0.271 e. The number of nitro benzene ring substituents is 1. The molecule has 0 saturated carbocycles. The van der Waals surface area contributed by atoms with Gasteiger partial charge in [-0.2, -0.15) is 0 Å².